The summed E-state index contributed by atoms with van der Waals surface area (Å²) in [6.07, 6.45) is 12.5. The molecule has 2 aliphatic rings. The molecule has 1 heterocycles. The first-order valence-electron chi connectivity index (χ1n) is 14.3. The van der Waals surface area contributed by atoms with Gasteiger partial charge in [0.1, 0.15) is 5.75 Å². The van der Waals surface area contributed by atoms with E-state index < -0.39 is 0 Å². The molecule has 0 aromatic heterocycles. The van der Waals surface area contributed by atoms with Crippen LogP contribution in [0.3, 0.4) is 0 Å². The van der Waals surface area contributed by atoms with Crippen LogP contribution in [0.15, 0.2) is 42.5 Å². The van der Waals surface area contributed by atoms with Gasteiger partial charge in [0.25, 0.3) is 0 Å². The van der Waals surface area contributed by atoms with Gasteiger partial charge in [0, 0.05) is 11.5 Å². The topological polar surface area (TPSA) is 27.7 Å². The molecular formula is C32H46O3. The summed E-state index contributed by atoms with van der Waals surface area (Å²) in [5, 5.41) is 0. The molecule has 192 valence electrons. The van der Waals surface area contributed by atoms with Crippen LogP contribution >= 0.6 is 0 Å². The Balaban J connectivity index is 1.40. The molecule has 3 nitrogen and oxygen atoms in total. The van der Waals surface area contributed by atoms with E-state index in [0.717, 1.165) is 24.3 Å². The third kappa shape index (κ3) is 7.11. The van der Waals surface area contributed by atoms with Crippen LogP contribution in [0.4, 0.5) is 0 Å². The lowest BCUT2D eigenvalue weighted by Crippen LogP contribution is -2.27. The lowest BCUT2D eigenvalue weighted by Gasteiger charge is -2.33. The number of benzene rings is 2. The first-order chi connectivity index (χ1) is 17.2. The zero-order valence-electron chi connectivity index (χ0n) is 22.3. The van der Waals surface area contributed by atoms with Gasteiger partial charge in [0.2, 0.25) is 0 Å². The van der Waals surface area contributed by atoms with Crippen molar-refractivity contribution in [3.63, 3.8) is 0 Å². The van der Waals surface area contributed by atoms with Gasteiger partial charge in [-0.15, -0.1) is 0 Å². The summed E-state index contributed by atoms with van der Waals surface area (Å²) in [5.41, 5.74) is 5.60. The smallest absolute Gasteiger partial charge is 0.183 e. The van der Waals surface area contributed by atoms with Gasteiger partial charge in [-0.3, -0.25) is 0 Å². The van der Waals surface area contributed by atoms with Crippen LogP contribution in [0.5, 0.6) is 5.75 Å². The van der Waals surface area contributed by atoms with Crippen LogP contribution < -0.4 is 4.74 Å². The molecule has 1 atom stereocenters. The minimum absolute atomic E-state index is 0.289. The molecule has 2 aromatic rings. The zero-order valence-corrected chi connectivity index (χ0v) is 22.3. The molecule has 0 N–H and O–H groups in total. The van der Waals surface area contributed by atoms with Gasteiger partial charge in [0.05, 0.1) is 19.8 Å². The van der Waals surface area contributed by atoms with E-state index in [-0.39, 0.29) is 6.29 Å². The second-order valence-corrected chi connectivity index (χ2v) is 10.7. The van der Waals surface area contributed by atoms with Crippen molar-refractivity contribution >= 4 is 0 Å². The second kappa shape index (κ2) is 13.5. The van der Waals surface area contributed by atoms with Crippen molar-refractivity contribution in [1.82, 2.24) is 0 Å². The molecule has 2 aromatic carbocycles. The Kier molecular flexibility index (Phi) is 10.1. The second-order valence-electron chi connectivity index (χ2n) is 10.7. The molecule has 0 bridgehead atoms. The highest BCUT2D eigenvalue weighted by Gasteiger charge is 2.29. The van der Waals surface area contributed by atoms with Gasteiger partial charge in [-0.25, -0.2) is 0 Å². The highest BCUT2D eigenvalue weighted by Crippen LogP contribution is 2.40. The monoisotopic (exact) mass is 478 g/mol. The van der Waals surface area contributed by atoms with Gasteiger partial charge < -0.3 is 14.2 Å². The largest absolute Gasteiger partial charge is 0.494 e. The van der Waals surface area contributed by atoms with Gasteiger partial charge in [-0.1, -0.05) is 89.6 Å². The summed E-state index contributed by atoms with van der Waals surface area (Å²) in [6.45, 7) is 9.08. The summed E-state index contributed by atoms with van der Waals surface area (Å²) >= 11 is 0. The standard InChI is InChI=1S/C32H46O3/c1-4-6-10-20-33-29-17-14-26(15-18-29)32-34-22-28(23-35-32)30-19-16-27(24(3)11-5-2)21-31(30)25-12-8-7-9-13-25/h14-19,21,24-25,28,32H,4-13,20,22-23H2,1-3H3/t24?,28-,32-. The third-order valence-corrected chi connectivity index (χ3v) is 7.95. The number of ether oxygens (including phenoxy) is 3. The molecule has 4 rings (SSSR count). The molecule has 0 spiro atoms. The lowest BCUT2D eigenvalue weighted by atomic mass is 9.78. The highest BCUT2D eigenvalue weighted by molar-refractivity contribution is 5.39. The minimum atomic E-state index is -0.289. The van der Waals surface area contributed by atoms with Crippen molar-refractivity contribution in [3.8, 4) is 5.75 Å². The SMILES string of the molecule is CCCCCOc1ccc([C@H]2OC[C@H](c3ccc(C(C)CCC)cc3C3CCCCC3)CO2)cc1. The molecule has 0 radical (unpaired) electrons. The average Bonchev–Trinajstić information content (AvgIpc) is 2.92. The molecule has 3 heteroatoms. The van der Waals surface area contributed by atoms with Gasteiger partial charge in [-0.2, -0.15) is 0 Å². The maximum Gasteiger partial charge on any atom is 0.183 e. The molecule has 1 saturated heterocycles. The van der Waals surface area contributed by atoms with Crippen LogP contribution in [-0.4, -0.2) is 19.8 Å². The van der Waals surface area contributed by atoms with Crippen molar-refractivity contribution in [2.45, 2.75) is 109 Å². The number of hydrogen-bond acceptors (Lipinski definition) is 3. The predicted molar refractivity (Wildman–Crippen MR) is 144 cm³/mol. The zero-order chi connectivity index (χ0) is 24.5. The van der Waals surface area contributed by atoms with E-state index in [9.17, 15) is 0 Å². The first-order valence-corrected chi connectivity index (χ1v) is 14.3. The summed E-state index contributed by atoms with van der Waals surface area (Å²) in [4.78, 5) is 0. The van der Waals surface area contributed by atoms with Gasteiger partial charge >= 0.3 is 0 Å². The molecule has 1 saturated carbocycles. The fourth-order valence-electron chi connectivity index (χ4n) is 5.78. The summed E-state index contributed by atoms with van der Waals surface area (Å²) < 4.78 is 18.4. The van der Waals surface area contributed by atoms with Crippen molar-refractivity contribution in [2.24, 2.45) is 0 Å². The minimum Gasteiger partial charge on any atom is -0.494 e. The molecule has 1 aliphatic carbocycles. The van der Waals surface area contributed by atoms with Crippen LogP contribution in [-0.2, 0) is 9.47 Å². The van der Waals surface area contributed by atoms with Crippen LogP contribution in [0.25, 0.3) is 0 Å². The average molecular weight is 479 g/mol. The molecule has 35 heavy (non-hydrogen) atoms. The van der Waals surface area contributed by atoms with E-state index in [1.807, 2.05) is 12.1 Å². The maximum absolute atomic E-state index is 6.28. The lowest BCUT2D eigenvalue weighted by molar-refractivity contribution is -0.191. The summed E-state index contributed by atoms with van der Waals surface area (Å²) in [6, 6.07) is 15.5. The number of unbranched alkanes of at least 4 members (excludes halogenated alkanes) is 2. The quantitative estimate of drug-likeness (QED) is 0.301. The normalized spacial score (nSPS) is 22.1. The van der Waals surface area contributed by atoms with Crippen LogP contribution in [0.1, 0.15) is 131 Å². The summed E-state index contributed by atoms with van der Waals surface area (Å²) in [5.74, 6) is 2.54. The Morgan fingerprint density at radius 3 is 2.26 bits per heavy atom. The molecule has 1 unspecified atom stereocenters. The Labute approximate surface area is 213 Å². The van der Waals surface area contributed by atoms with Gasteiger partial charge in [0.15, 0.2) is 6.29 Å². The third-order valence-electron chi connectivity index (χ3n) is 7.95. The fourth-order valence-corrected chi connectivity index (χ4v) is 5.78. The van der Waals surface area contributed by atoms with E-state index >= 15 is 0 Å². The van der Waals surface area contributed by atoms with E-state index in [4.69, 9.17) is 14.2 Å². The Morgan fingerprint density at radius 2 is 1.57 bits per heavy atom. The summed E-state index contributed by atoms with van der Waals surface area (Å²) in [7, 11) is 0. The first kappa shape index (κ1) is 26.2. The maximum atomic E-state index is 6.28. The molecular weight excluding hydrogens is 432 g/mol. The van der Waals surface area contributed by atoms with Crippen molar-refractivity contribution < 1.29 is 14.2 Å². The molecule has 0 amide bonds. The Bertz CT molecular complexity index is 876. The highest BCUT2D eigenvalue weighted by atomic mass is 16.7. The Morgan fingerprint density at radius 1 is 0.829 bits per heavy atom. The van der Waals surface area contributed by atoms with E-state index in [1.54, 1.807) is 5.56 Å². The predicted octanol–water partition coefficient (Wildman–Crippen LogP) is 9.04. The fraction of sp³-hybridized carbons (Fsp3) is 0.625. The van der Waals surface area contributed by atoms with E-state index in [0.29, 0.717) is 31.0 Å². The van der Waals surface area contributed by atoms with Crippen molar-refractivity contribution in [3.05, 3.63) is 64.7 Å². The van der Waals surface area contributed by atoms with Crippen LogP contribution in [0, 0.1) is 0 Å². The van der Waals surface area contributed by atoms with Crippen molar-refractivity contribution in [1.29, 1.82) is 0 Å². The molecule has 1 aliphatic heterocycles. The van der Waals surface area contributed by atoms with Crippen molar-refractivity contribution in [2.75, 3.05) is 19.8 Å². The number of hydrogen-bond donors (Lipinski definition) is 0. The van der Waals surface area contributed by atoms with Gasteiger partial charge in [-0.05, 0) is 66.3 Å². The molecule has 2 fully saturated rings. The van der Waals surface area contributed by atoms with E-state index in [1.165, 1.54) is 68.9 Å². The van der Waals surface area contributed by atoms with Crippen LogP contribution in [0.2, 0.25) is 0 Å². The number of rotatable bonds is 11. The van der Waals surface area contributed by atoms with E-state index in [2.05, 4.69) is 51.1 Å². The Hall–Kier alpha value is -1.84.